The van der Waals surface area contributed by atoms with E-state index >= 15 is 0 Å². The molecule has 6 heteroatoms. The zero-order valence-corrected chi connectivity index (χ0v) is 17.1. The van der Waals surface area contributed by atoms with Crippen molar-refractivity contribution < 1.29 is 4.39 Å². The van der Waals surface area contributed by atoms with Crippen LogP contribution < -0.4 is 10.6 Å². The van der Waals surface area contributed by atoms with Gasteiger partial charge in [-0.1, -0.05) is 32.6 Å². The number of hydrogen-bond acceptors (Lipinski definition) is 4. The maximum Gasteiger partial charge on any atom is 0.146 e. The molecule has 0 saturated heterocycles. The lowest BCUT2D eigenvalue weighted by Gasteiger charge is -2.42. The maximum absolute atomic E-state index is 14.0. The van der Waals surface area contributed by atoms with E-state index in [2.05, 4.69) is 37.1 Å². The molecule has 1 aliphatic carbocycles. The predicted molar refractivity (Wildman–Crippen MR) is 117 cm³/mol. The molecule has 1 aromatic heterocycles. The van der Waals surface area contributed by atoms with Crippen LogP contribution in [0, 0.1) is 23.1 Å². The zero-order valence-electron chi connectivity index (χ0n) is 17.1. The molecule has 30 heavy (non-hydrogen) atoms. The Morgan fingerprint density at radius 3 is 2.53 bits per heavy atom. The highest BCUT2D eigenvalue weighted by Gasteiger charge is 2.41. The number of anilines is 2. The van der Waals surface area contributed by atoms with Gasteiger partial charge in [-0.25, -0.2) is 9.07 Å². The van der Waals surface area contributed by atoms with E-state index in [0.29, 0.717) is 23.0 Å². The number of rotatable bonds is 6. The fraction of sp³-hybridized carbons (Fsp3) is 0.250. The normalized spacial score (nSPS) is 20.1. The molecule has 0 atom stereocenters. The Balaban J connectivity index is 1.64. The van der Waals surface area contributed by atoms with E-state index in [4.69, 9.17) is 10.4 Å². The summed E-state index contributed by atoms with van der Waals surface area (Å²) in [5, 5.41) is 20.1. The van der Waals surface area contributed by atoms with Crippen molar-refractivity contribution >= 4 is 11.5 Å². The molecule has 1 heterocycles. The van der Waals surface area contributed by atoms with E-state index in [1.165, 1.54) is 6.07 Å². The van der Waals surface area contributed by atoms with E-state index < -0.39 is 0 Å². The Hall–Kier alpha value is -3.59. The van der Waals surface area contributed by atoms with Crippen LogP contribution >= 0.6 is 0 Å². The first kappa shape index (κ1) is 19.7. The van der Waals surface area contributed by atoms with Crippen LogP contribution in [-0.2, 0) is 5.41 Å². The van der Waals surface area contributed by atoms with E-state index in [-0.39, 0.29) is 11.2 Å². The fourth-order valence-corrected chi connectivity index (χ4v) is 4.24. The molecule has 0 spiro atoms. The van der Waals surface area contributed by atoms with Gasteiger partial charge in [0.25, 0.3) is 0 Å². The minimum Gasteiger partial charge on any atom is -0.340 e. The van der Waals surface area contributed by atoms with Crippen LogP contribution in [0.2, 0.25) is 0 Å². The first-order valence-corrected chi connectivity index (χ1v) is 9.96. The number of halogens is 1. The lowest BCUT2D eigenvalue weighted by Crippen LogP contribution is -2.37. The molecule has 0 aliphatic heterocycles. The molecule has 0 unspecified atom stereocenters. The Kier molecular flexibility index (Phi) is 5.04. The van der Waals surface area contributed by atoms with Gasteiger partial charge in [0.15, 0.2) is 0 Å². The molecule has 0 bridgehead atoms. The molecule has 3 aromatic rings. The fourth-order valence-electron chi connectivity index (χ4n) is 4.24. The van der Waals surface area contributed by atoms with Gasteiger partial charge in [0.2, 0.25) is 0 Å². The van der Waals surface area contributed by atoms with Gasteiger partial charge in [-0.05, 0) is 55.2 Å². The molecular weight excluding hydrogens is 377 g/mol. The number of aromatic nitrogens is 2. The zero-order chi connectivity index (χ0) is 21.3. The average Bonchev–Trinajstić information content (AvgIpc) is 3.13. The average molecular weight is 401 g/mol. The van der Waals surface area contributed by atoms with E-state index in [0.717, 1.165) is 30.0 Å². The summed E-state index contributed by atoms with van der Waals surface area (Å²) in [6.45, 7) is 8.47. The van der Waals surface area contributed by atoms with E-state index in [1.807, 2.05) is 18.2 Å². The molecule has 2 aromatic carbocycles. The van der Waals surface area contributed by atoms with Crippen molar-refractivity contribution in [2.45, 2.75) is 32.1 Å². The van der Waals surface area contributed by atoms with Gasteiger partial charge < -0.3 is 10.6 Å². The van der Waals surface area contributed by atoms with Gasteiger partial charge in [-0.15, -0.1) is 0 Å². The summed E-state index contributed by atoms with van der Waals surface area (Å²) in [5.41, 5.74) is 2.81. The van der Waals surface area contributed by atoms with Crippen molar-refractivity contribution in [2.75, 3.05) is 10.6 Å². The number of nitrogens with one attached hydrogen (secondary N) is 2. The minimum absolute atomic E-state index is 0.0357. The number of benzene rings is 2. The van der Waals surface area contributed by atoms with Crippen molar-refractivity contribution in [1.29, 1.82) is 5.26 Å². The van der Waals surface area contributed by atoms with Crippen molar-refractivity contribution in [1.82, 2.24) is 9.78 Å². The first-order valence-electron chi connectivity index (χ1n) is 9.96. The Labute approximate surface area is 175 Å². The molecule has 1 saturated carbocycles. The molecule has 4 rings (SSSR count). The monoisotopic (exact) mass is 401 g/mol. The third-order valence-electron chi connectivity index (χ3n) is 5.61. The highest BCUT2D eigenvalue weighted by molar-refractivity contribution is 5.57. The molecule has 1 aliphatic rings. The second-order valence-electron chi connectivity index (χ2n) is 8.27. The summed E-state index contributed by atoms with van der Waals surface area (Å²) in [5.74, 6) is 1.50. The summed E-state index contributed by atoms with van der Waals surface area (Å²) >= 11 is 0. The first-order chi connectivity index (χ1) is 14.4. The maximum atomic E-state index is 14.0. The number of para-hydroxylation sites is 1. The van der Waals surface area contributed by atoms with Gasteiger partial charge in [-0.2, -0.15) is 10.4 Å². The number of nitriles is 1. The van der Waals surface area contributed by atoms with Crippen LogP contribution in [-0.4, -0.2) is 9.78 Å². The molecule has 2 N–H and O–H groups in total. The third kappa shape index (κ3) is 3.79. The van der Waals surface area contributed by atoms with Gasteiger partial charge >= 0.3 is 0 Å². The van der Waals surface area contributed by atoms with Gasteiger partial charge in [-0.3, -0.25) is 0 Å². The smallest absolute Gasteiger partial charge is 0.146 e. The highest BCUT2D eigenvalue weighted by Crippen LogP contribution is 2.47. The highest BCUT2D eigenvalue weighted by atomic mass is 19.1. The standard InChI is InChI=1S/C24H24FN5/c1-16-13-24(3,14-16)22-12-23(28-17(2)27-21-7-5-4-6-20(21)25)30(29-22)19-10-8-18(15-26)9-11-19/h4-12,16,27-28H,2,13-14H2,1,3H3. The largest absolute Gasteiger partial charge is 0.340 e. The van der Waals surface area contributed by atoms with E-state index in [1.54, 1.807) is 35.0 Å². The Morgan fingerprint density at radius 1 is 1.20 bits per heavy atom. The predicted octanol–water partition coefficient (Wildman–Crippen LogP) is 5.57. The van der Waals surface area contributed by atoms with Crippen molar-refractivity contribution in [3.8, 4) is 11.8 Å². The van der Waals surface area contributed by atoms with Crippen LogP contribution in [0.25, 0.3) is 5.69 Å². The SMILES string of the molecule is C=C(Nc1ccccc1F)Nc1cc(C2(C)CC(C)C2)nn1-c1ccc(C#N)cc1. The summed E-state index contributed by atoms with van der Waals surface area (Å²) < 4.78 is 15.8. The second kappa shape index (κ2) is 7.68. The van der Waals surface area contributed by atoms with E-state index in [9.17, 15) is 4.39 Å². The van der Waals surface area contributed by atoms with Crippen LogP contribution in [0.15, 0.2) is 67.0 Å². The molecule has 0 radical (unpaired) electrons. The Morgan fingerprint density at radius 2 is 1.90 bits per heavy atom. The minimum atomic E-state index is -0.349. The van der Waals surface area contributed by atoms with Crippen molar-refractivity contribution in [2.24, 2.45) is 5.92 Å². The second-order valence-corrected chi connectivity index (χ2v) is 8.27. The number of nitrogens with zero attached hydrogens (tertiary/aromatic N) is 3. The van der Waals surface area contributed by atoms with Gasteiger partial charge in [0.05, 0.1) is 28.7 Å². The summed E-state index contributed by atoms with van der Waals surface area (Å²) in [6.07, 6.45) is 2.18. The van der Waals surface area contributed by atoms with Crippen molar-refractivity contribution in [3.63, 3.8) is 0 Å². The third-order valence-corrected chi connectivity index (χ3v) is 5.61. The molecule has 152 valence electrons. The molecule has 1 fully saturated rings. The molecular formula is C24H24FN5. The topological polar surface area (TPSA) is 65.7 Å². The van der Waals surface area contributed by atoms with Crippen molar-refractivity contribution in [3.05, 3.63) is 84.1 Å². The van der Waals surface area contributed by atoms with Crippen LogP contribution in [0.4, 0.5) is 15.9 Å². The lowest BCUT2D eigenvalue weighted by molar-refractivity contribution is 0.172. The quantitative estimate of drug-likeness (QED) is 0.567. The lowest BCUT2D eigenvalue weighted by atomic mass is 9.62. The molecule has 5 nitrogen and oxygen atoms in total. The van der Waals surface area contributed by atoms with Crippen LogP contribution in [0.3, 0.4) is 0 Å². The van der Waals surface area contributed by atoms with Gasteiger partial charge in [0, 0.05) is 11.5 Å². The summed E-state index contributed by atoms with van der Waals surface area (Å²) in [4.78, 5) is 0. The summed E-state index contributed by atoms with van der Waals surface area (Å²) in [7, 11) is 0. The van der Waals surface area contributed by atoms with Gasteiger partial charge in [0.1, 0.15) is 17.5 Å². The summed E-state index contributed by atoms with van der Waals surface area (Å²) in [6, 6.07) is 17.9. The molecule has 0 amide bonds. The van der Waals surface area contributed by atoms with Crippen LogP contribution in [0.5, 0.6) is 0 Å². The van der Waals surface area contributed by atoms with Crippen LogP contribution in [0.1, 0.15) is 37.9 Å². The Bertz CT molecular complexity index is 1120. The number of hydrogen-bond donors (Lipinski definition) is 2.